The number of hydrogen-bond acceptors (Lipinski definition) is 8. The van der Waals surface area contributed by atoms with Crippen LogP contribution in [0.4, 0.5) is 10.3 Å². The van der Waals surface area contributed by atoms with Crippen LogP contribution in [0.15, 0.2) is 42.7 Å². The molecule has 1 aliphatic heterocycles. The lowest BCUT2D eigenvalue weighted by Crippen LogP contribution is -2.45. The topological polar surface area (TPSA) is 111 Å². The first kappa shape index (κ1) is 24.7. The average Bonchev–Trinajstić information content (AvgIpc) is 3.48. The summed E-state index contributed by atoms with van der Waals surface area (Å²) in [6, 6.07) is 8.85. The van der Waals surface area contributed by atoms with Gasteiger partial charge in [-0.1, -0.05) is 0 Å². The number of carbonyl (C=O) groups excluding carboxylic acids is 1. The lowest BCUT2D eigenvalue weighted by Gasteiger charge is -2.29. The number of nitrogens with zero attached hydrogens (tertiary/aromatic N) is 4. The van der Waals surface area contributed by atoms with E-state index in [9.17, 15) is 4.79 Å². The number of aromatic nitrogens is 4. The Morgan fingerprint density at radius 2 is 1.70 bits per heavy atom. The van der Waals surface area contributed by atoms with E-state index < -0.39 is 5.82 Å². The summed E-state index contributed by atoms with van der Waals surface area (Å²) in [5, 5.41) is 7.26. The van der Waals surface area contributed by atoms with Crippen LogP contribution in [0.2, 0.25) is 0 Å². The highest BCUT2D eigenvalue weighted by atomic mass is 19.1. The molecule has 0 saturated heterocycles. The van der Waals surface area contributed by atoms with Crippen LogP contribution in [0.25, 0.3) is 22.0 Å². The molecule has 40 heavy (non-hydrogen) atoms. The highest BCUT2D eigenvalue weighted by Crippen LogP contribution is 2.52. The number of carbonyl (C=O) groups is 1. The number of hydrogen-bond donors (Lipinski definition) is 2. The molecule has 9 nitrogen and oxygen atoms in total. The minimum Gasteiger partial charge on any atom is -0.484 e. The fourth-order valence-electron chi connectivity index (χ4n) is 6.60. The lowest BCUT2D eigenvalue weighted by molar-refractivity contribution is 0.0900. The van der Waals surface area contributed by atoms with Gasteiger partial charge in [-0.15, -0.1) is 0 Å². The summed E-state index contributed by atoms with van der Waals surface area (Å²) in [5.74, 6) is 0.796. The number of rotatable bonds is 5. The van der Waals surface area contributed by atoms with Gasteiger partial charge in [0.2, 0.25) is 5.95 Å². The van der Waals surface area contributed by atoms with Crippen molar-refractivity contribution in [2.45, 2.75) is 57.0 Å². The van der Waals surface area contributed by atoms with Gasteiger partial charge in [0.15, 0.2) is 5.75 Å². The van der Waals surface area contributed by atoms with Gasteiger partial charge < -0.3 is 20.1 Å². The maximum atomic E-state index is 15.9. The van der Waals surface area contributed by atoms with Gasteiger partial charge in [0, 0.05) is 40.3 Å². The summed E-state index contributed by atoms with van der Waals surface area (Å²) in [4.78, 5) is 30.9. The zero-order valence-electron chi connectivity index (χ0n) is 22.4. The molecule has 1 aromatic carbocycles. The minimum atomic E-state index is -0.406. The predicted molar refractivity (Wildman–Crippen MR) is 147 cm³/mol. The molecule has 4 heterocycles. The second-order valence-electron chi connectivity index (χ2n) is 11.1. The number of anilines is 1. The molecule has 3 aromatic heterocycles. The molecule has 0 spiro atoms. The highest BCUT2D eigenvalue weighted by molar-refractivity contribution is 5.95. The standard InChI is InChI=1S/C30H29FN6O3/c1-17-19(4-3-12-32-17)26(38)36-29-8-10-30(16-29,11-9-29)37-28-34-18(2)23-22(35-28)6-5-20(24(23)31)21-7-13-33-27-25(21)39-14-15-40-27/h3-7,12-13H,8-11,14-16H2,1-2H3,(H,36,38)(H,34,35,37). The van der Waals surface area contributed by atoms with Crippen molar-refractivity contribution in [3.05, 3.63) is 65.5 Å². The van der Waals surface area contributed by atoms with E-state index in [0.29, 0.717) is 64.1 Å². The molecule has 3 aliphatic rings. The van der Waals surface area contributed by atoms with Crippen molar-refractivity contribution in [1.29, 1.82) is 0 Å². The van der Waals surface area contributed by atoms with Crippen LogP contribution in [-0.2, 0) is 0 Å². The molecular formula is C30H29FN6O3. The van der Waals surface area contributed by atoms with Gasteiger partial charge in [-0.25, -0.2) is 19.3 Å². The molecule has 204 valence electrons. The van der Waals surface area contributed by atoms with Gasteiger partial charge in [-0.05, 0) is 76.3 Å². The normalized spacial score (nSPS) is 22.9. The number of aryl methyl sites for hydroxylation is 2. The Hall–Kier alpha value is -4.34. The minimum absolute atomic E-state index is 0.0835. The van der Waals surface area contributed by atoms with E-state index in [4.69, 9.17) is 14.5 Å². The number of halogens is 1. The van der Waals surface area contributed by atoms with E-state index in [1.807, 2.05) is 19.1 Å². The molecule has 2 aliphatic carbocycles. The number of benzene rings is 1. The third kappa shape index (κ3) is 4.01. The molecule has 2 bridgehead atoms. The van der Waals surface area contributed by atoms with Crippen LogP contribution in [0, 0.1) is 19.7 Å². The van der Waals surface area contributed by atoms with E-state index in [2.05, 4.69) is 25.6 Å². The summed E-state index contributed by atoms with van der Waals surface area (Å²) in [6.45, 7) is 4.44. The molecule has 1 amide bonds. The molecule has 0 radical (unpaired) electrons. The molecule has 0 atom stereocenters. The summed E-state index contributed by atoms with van der Waals surface area (Å²) in [7, 11) is 0. The highest BCUT2D eigenvalue weighted by Gasteiger charge is 2.55. The SMILES string of the molecule is Cc1ncccc1C(=O)NC12CCC(Nc3nc(C)c4c(F)c(-c5ccnc6c5OCCO6)ccc4n3)(CC1)C2. The van der Waals surface area contributed by atoms with Crippen LogP contribution in [-0.4, -0.2) is 50.1 Å². The van der Waals surface area contributed by atoms with Crippen molar-refractivity contribution in [1.82, 2.24) is 25.3 Å². The first-order valence-corrected chi connectivity index (χ1v) is 13.6. The third-order valence-electron chi connectivity index (χ3n) is 8.56. The van der Waals surface area contributed by atoms with Gasteiger partial charge in [-0.3, -0.25) is 9.78 Å². The Morgan fingerprint density at radius 1 is 0.900 bits per heavy atom. The van der Waals surface area contributed by atoms with Crippen molar-refractivity contribution < 1.29 is 18.7 Å². The molecule has 0 unspecified atom stereocenters. The Bertz CT molecular complexity index is 1670. The fourth-order valence-corrected chi connectivity index (χ4v) is 6.60. The van der Waals surface area contributed by atoms with Crippen molar-refractivity contribution in [2.24, 2.45) is 0 Å². The van der Waals surface area contributed by atoms with E-state index in [-0.39, 0.29) is 17.0 Å². The molecule has 7 rings (SSSR count). The van der Waals surface area contributed by atoms with Gasteiger partial charge in [0.05, 0.1) is 22.2 Å². The number of fused-ring (bicyclic) bond motifs is 4. The molecule has 10 heteroatoms. The Morgan fingerprint density at radius 3 is 2.52 bits per heavy atom. The van der Waals surface area contributed by atoms with Crippen molar-refractivity contribution in [3.8, 4) is 22.8 Å². The Balaban J connectivity index is 1.15. The maximum Gasteiger partial charge on any atom is 0.257 e. The largest absolute Gasteiger partial charge is 0.484 e. The molecule has 2 saturated carbocycles. The first-order valence-electron chi connectivity index (χ1n) is 13.6. The van der Waals surface area contributed by atoms with E-state index >= 15 is 4.39 Å². The molecule has 2 N–H and O–H groups in total. The second-order valence-corrected chi connectivity index (χ2v) is 11.1. The Labute approximate surface area is 230 Å². The van der Waals surface area contributed by atoms with Gasteiger partial charge >= 0.3 is 0 Å². The average molecular weight is 541 g/mol. The fraction of sp³-hybridized carbons (Fsp3) is 0.367. The summed E-state index contributed by atoms with van der Waals surface area (Å²) >= 11 is 0. The van der Waals surface area contributed by atoms with Crippen molar-refractivity contribution in [3.63, 3.8) is 0 Å². The van der Waals surface area contributed by atoms with E-state index in [1.165, 1.54) is 0 Å². The van der Waals surface area contributed by atoms with Crippen LogP contribution in [0.5, 0.6) is 11.6 Å². The summed E-state index contributed by atoms with van der Waals surface area (Å²) in [6.07, 6.45) is 7.60. The van der Waals surface area contributed by atoms with Crippen LogP contribution in [0.3, 0.4) is 0 Å². The van der Waals surface area contributed by atoms with Gasteiger partial charge in [0.25, 0.3) is 11.8 Å². The monoisotopic (exact) mass is 540 g/mol. The maximum absolute atomic E-state index is 15.9. The van der Waals surface area contributed by atoms with E-state index in [0.717, 1.165) is 37.8 Å². The zero-order valence-corrected chi connectivity index (χ0v) is 22.4. The number of nitrogens with one attached hydrogen (secondary N) is 2. The number of ether oxygens (including phenoxy) is 2. The quantitative estimate of drug-likeness (QED) is 0.367. The first-order chi connectivity index (χ1) is 19.4. The summed E-state index contributed by atoms with van der Waals surface area (Å²) < 4.78 is 27.3. The van der Waals surface area contributed by atoms with Crippen LogP contribution < -0.4 is 20.1 Å². The van der Waals surface area contributed by atoms with Crippen molar-refractivity contribution in [2.75, 3.05) is 18.5 Å². The summed E-state index contributed by atoms with van der Waals surface area (Å²) in [5.41, 5.74) is 2.88. The van der Waals surface area contributed by atoms with Crippen molar-refractivity contribution >= 4 is 22.8 Å². The number of pyridine rings is 2. The zero-order chi connectivity index (χ0) is 27.5. The molecule has 4 aromatic rings. The molecule has 2 fully saturated rings. The predicted octanol–water partition coefficient (Wildman–Crippen LogP) is 4.91. The van der Waals surface area contributed by atoms with Gasteiger partial charge in [0.1, 0.15) is 19.0 Å². The van der Waals surface area contributed by atoms with Gasteiger partial charge in [-0.2, -0.15) is 0 Å². The molecular weight excluding hydrogens is 511 g/mol. The lowest BCUT2D eigenvalue weighted by atomic mass is 9.91. The Kier molecular flexibility index (Phi) is 5.62. The second kappa shape index (κ2) is 9.11. The number of amides is 1. The van der Waals surface area contributed by atoms with Crippen LogP contribution in [0.1, 0.15) is 53.8 Å². The smallest absolute Gasteiger partial charge is 0.257 e. The third-order valence-corrected chi connectivity index (χ3v) is 8.56. The van der Waals surface area contributed by atoms with E-state index in [1.54, 1.807) is 37.5 Å². The van der Waals surface area contributed by atoms with Crippen LogP contribution >= 0.6 is 0 Å².